The summed E-state index contributed by atoms with van der Waals surface area (Å²) in [5.74, 6) is -2.10. The number of amides is 1. The molecular weight excluding hydrogens is 563 g/mol. The van der Waals surface area contributed by atoms with E-state index in [2.05, 4.69) is 5.32 Å². The van der Waals surface area contributed by atoms with E-state index < -0.39 is 22.1 Å². The Kier molecular flexibility index (Phi) is 7.31. The molecule has 0 saturated heterocycles. The van der Waals surface area contributed by atoms with Crippen LogP contribution in [0.3, 0.4) is 0 Å². The van der Waals surface area contributed by atoms with Crippen molar-refractivity contribution in [3.05, 3.63) is 91.4 Å². The summed E-state index contributed by atoms with van der Waals surface area (Å²) < 4.78 is -1.33. The Bertz CT molecular complexity index is 1290. The zero-order chi connectivity index (χ0) is 24.8. The largest absolute Gasteiger partial charge is 0.506 e. The number of halogens is 6. The van der Waals surface area contributed by atoms with Crippen molar-refractivity contribution in [1.29, 1.82) is 0 Å². The third-order valence-corrected chi connectivity index (χ3v) is 7.52. The van der Waals surface area contributed by atoms with Crippen LogP contribution in [0.4, 0.5) is 5.69 Å². The summed E-state index contributed by atoms with van der Waals surface area (Å²) in [6.45, 7) is 0. The van der Waals surface area contributed by atoms with E-state index in [0.717, 1.165) is 0 Å². The fourth-order valence-electron chi connectivity index (χ4n) is 3.81. The molecule has 1 saturated carbocycles. The number of hydrogen-bond donors (Lipinski definition) is 2. The second-order valence-electron chi connectivity index (χ2n) is 7.90. The van der Waals surface area contributed by atoms with Gasteiger partial charge in [0, 0.05) is 33.6 Å². The van der Waals surface area contributed by atoms with E-state index in [9.17, 15) is 14.7 Å². The van der Waals surface area contributed by atoms with E-state index in [1.54, 1.807) is 30.3 Å². The highest BCUT2D eigenvalue weighted by atomic mass is 35.5. The van der Waals surface area contributed by atoms with E-state index in [0.29, 0.717) is 26.9 Å². The summed E-state index contributed by atoms with van der Waals surface area (Å²) in [6, 6.07) is 14.0. The molecule has 3 aromatic carbocycles. The number of carbonyl (C=O) groups is 2. The fourth-order valence-corrected chi connectivity index (χ4v) is 5.52. The number of benzene rings is 3. The Hall–Kier alpha value is -1.66. The maximum absolute atomic E-state index is 13.0. The van der Waals surface area contributed by atoms with Crippen molar-refractivity contribution in [2.45, 2.75) is 16.7 Å². The number of hydrogen-bond acceptors (Lipinski definition) is 3. The number of Topliss-reactive ketones (excluding diaryl/α,β-unsaturated/α-hetero) is 1. The van der Waals surface area contributed by atoms with Crippen molar-refractivity contribution >= 4 is 87.0 Å². The lowest BCUT2D eigenvalue weighted by molar-refractivity contribution is -0.117. The van der Waals surface area contributed by atoms with Crippen LogP contribution in [-0.4, -0.2) is 21.1 Å². The van der Waals surface area contributed by atoms with Gasteiger partial charge < -0.3 is 10.4 Å². The van der Waals surface area contributed by atoms with Gasteiger partial charge in [-0.1, -0.05) is 52.5 Å². The Morgan fingerprint density at radius 1 is 0.882 bits per heavy atom. The van der Waals surface area contributed by atoms with Crippen molar-refractivity contribution in [2.24, 2.45) is 5.92 Å². The van der Waals surface area contributed by atoms with E-state index in [-0.39, 0.29) is 33.6 Å². The first-order chi connectivity index (χ1) is 16.0. The molecule has 0 aliphatic heterocycles. The van der Waals surface area contributed by atoms with Crippen LogP contribution in [0.2, 0.25) is 20.1 Å². The summed E-state index contributed by atoms with van der Waals surface area (Å²) in [5, 5.41) is 13.7. The first kappa shape index (κ1) is 25.4. The number of aromatic hydroxyl groups is 1. The van der Waals surface area contributed by atoms with Crippen molar-refractivity contribution < 1.29 is 14.7 Å². The fraction of sp³-hybridized carbons (Fsp3) is 0.167. The Labute approximate surface area is 225 Å². The molecule has 0 bridgehead atoms. The van der Waals surface area contributed by atoms with Crippen LogP contribution in [0, 0.1) is 5.92 Å². The summed E-state index contributed by atoms with van der Waals surface area (Å²) in [5.41, 5.74) is 1.79. The first-order valence-corrected chi connectivity index (χ1v) is 12.2. The summed E-state index contributed by atoms with van der Waals surface area (Å²) in [7, 11) is 0. The topological polar surface area (TPSA) is 66.4 Å². The number of rotatable bonds is 6. The molecule has 2 unspecified atom stereocenters. The standard InChI is InChI=1S/C24H15Cl6NO3/c25-13-7-12(8-14(26)9-13)21-22(24(21,29)30)23(34)31-15-2-4-17(27)16(10-15)19(32)5-11-1-3-18(28)20(33)6-11/h1-4,6-10,21-22,33H,5H2,(H,31,34). The average Bonchev–Trinajstić information content (AvgIpc) is 3.33. The third kappa shape index (κ3) is 5.28. The van der Waals surface area contributed by atoms with Crippen LogP contribution in [0.5, 0.6) is 5.75 Å². The zero-order valence-corrected chi connectivity index (χ0v) is 21.6. The molecule has 2 atom stereocenters. The summed E-state index contributed by atoms with van der Waals surface area (Å²) in [6.07, 6.45) is -0.0193. The molecule has 176 valence electrons. The lowest BCUT2D eigenvalue weighted by atomic mass is 10.0. The van der Waals surface area contributed by atoms with Crippen molar-refractivity contribution in [3.8, 4) is 5.75 Å². The van der Waals surface area contributed by atoms with Gasteiger partial charge in [0.25, 0.3) is 0 Å². The Morgan fingerprint density at radius 2 is 1.53 bits per heavy atom. The number of anilines is 1. The molecule has 1 amide bonds. The van der Waals surface area contributed by atoms with Gasteiger partial charge in [-0.15, -0.1) is 23.2 Å². The molecule has 0 spiro atoms. The predicted octanol–water partition coefficient (Wildman–Crippen LogP) is 7.96. The Balaban J connectivity index is 1.51. The third-order valence-electron chi connectivity index (χ3n) is 5.49. The highest BCUT2D eigenvalue weighted by molar-refractivity contribution is 6.53. The molecule has 10 heteroatoms. The molecule has 1 aliphatic rings. The molecule has 34 heavy (non-hydrogen) atoms. The molecule has 4 rings (SSSR count). The molecule has 2 N–H and O–H groups in total. The monoisotopic (exact) mass is 575 g/mol. The highest BCUT2D eigenvalue weighted by Crippen LogP contribution is 2.65. The molecule has 1 aliphatic carbocycles. The maximum Gasteiger partial charge on any atom is 0.231 e. The molecule has 0 heterocycles. The number of phenolic OH excluding ortho intramolecular Hbond substituents is 1. The van der Waals surface area contributed by atoms with Crippen LogP contribution < -0.4 is 5.32 Å². The smallest absolute Gasteiger partial charge is 0.231 e. The van der Waals surface area contributed by atoms with Crippen molar-refractivity contribution in [3.63, 3.8) is 0 Å². The molecule has 4 nitrogen and oxygen atoms in total. The van der Waals surface area contributed by atoms with Gasteiger partial charge in [0.05, 0.1) is 16.0 Å². The van der Waals surface area contributed by atoms with Crippen LogP contribution in [0.25, 0.3) is 0 Å². The number of phenols is 1. The molecular formula is C24H15Cl6NO3. The van der Waals surface area contributed by atoms with Gasteiger partial charge in [-0.2, -0.15) is 0 Å². The van der Waals surface area contributed by atoms with Gasteiger partial charge in [-0.25, -0.2) is 0 Å². The second-order valence-corrected chi connectivity index (χ2v) is 11.0. The van der Waals surface area contributed by atoms with Gasteiger partial charge in [0.2, 0.25) is 5.91 Å². The summed E-state index contributed by atoms with van der Waals surface area (Å²) in [4.78, 5) is 25.8. The quantitative estimate of drug-likeness (QED) is 0.231. The van der Waals surface area contributed by atoms with Gasteiger partial charge in [0.1, 0.15) is 10.1 Å². The van der Waals surface area contributed by atoms with E-state index in [1.807, 2.05) is 0 Å². The van der Waals surface area contributed by atoms with Crippen LogP contribution in [0.1, 0.15) is 27.4 Å². The SMILES string of the molecule is O=C(Cc1ccc(Cl)c(O)c1)c1cc(NC(=O)C2C(c3cc(Cl)cc(Cl)c3)C2(Cl)Cl)ccc1Cl. The molecule has 3 aromatic rings. The number of carbonyl (C=O) groups excluding carboxylic acids is 2. The molecule has 0 radical (unpaired) electrons. The minimum Gasteiger partial charge on any atom is -0.506 e. The van der Waals surface area contributed by atoms with Gasteiger partial charge >= 0.3 is 0 Å². The van der Waals surface area contributed by atoms with Crippen molar-refractivity contribution in [2.75, 3.05) is 5.32 Å². The van der Waals surface area contributed by atoms with Gasteiger partial charge in [0.15, 0.2) is 5.78 Å². The Morgan fingerprint density at radius 3 is 2.18 bits per heavy atom. The number of nitrogens with one attached hydrogen (secondary N) is 1. The minimum atomic E-state index is -1.33. The van der Waals surface area contributed by atoms with Gasteiger partial charge in [-0.05, 0) is 59.7 Å². The zero-order valence-electron chi connectivity index (χ0n) is 17.1. The number of alkyl halides is 2. The average molecular weight is 578 g/mol. The van der Waals surface area contributed by atoms with Crippen molar-refractivity contribution in [1.82, 2.24) is 0 Å². The van der Waals surface area contributed by atoms with E-state index in [1.165, 1.54) is 24.3 Å². The van der Waals surface area contributed by atoms with Gasteiger partial charge in [-0.3, -0.25) is 9.59 Å². The first-order valence-electron chi connectivity index (χ1n) is 9.92. The maximum atomic E-state index is 13.0. The van der Waals surface area contributed by atoms with Crippen LogP contribution in [-0.2, 0) is 11.2 Å². The lowest BCUT2D eigenvalue weighted by Crippen LogP contribution is -2.17. The predicted molar refractivity (Wildman–Crippen MR) is 138 cm³/mol. The lowest BCUT2D eigenvalue weighted by Gasteiger charge is -2.10. The molecule has 0 aromatic heterocycles. The van der Waals surface area contributed by atoms with E-state index >= 15 is 0 Å². The van der Waals surface area contributed by atoms with Crippen LogP contribution in [0.15, 0.2) is 54.6 Å². The van der Waals surface area contributed by atoms with Crippen LogP contribution >= 0.6 is 69.6 Å². The highest BCUT2D eigenvalue weighted by Gasteiger charge is 2.67. The second kappa shape index (κ2) is 9.77. The minimum absolute atomic E-state index is 0.0193. The van der Waals surface area contributed by atoms with E-state index in [4.69, 9.17) is 69.6 Å². The molecule has 1 fully saturated rings. The normalized spacial score (nSPS) is 18.4. The number of ketones is 1. The summed E-state index contributed by atoms with van der Waals surface area (Å²) >= 11 is 37.0.